The summed E-state index contributed by atoms with van der Waals surface area (Å²) in [5.74, 6) is -0.457. The van der Waals surface area contributed by atoms with Crippen molar-refractivity contribution in [3.63, 3.8) is 0 Å². The fraction of sp³-hybridized carbons (Fsp3) is 0.520. The van der Waals surface area contributed by atoms with E-state index < -0.39 is 18.1 Å². The minimum absolute atomic E-state index is 0.0770. The van der Waals surface area contributed by atoms with E-state index >= 15 is 0 Å². The summed E-state index contributed by atoms with van der Waals surface area (Å²) in [6, 6.07) is 6.91. The van der Waals surface area contributed by atoms with E-state index in [4.69, 9.17) is 16.3 Å². The molecular weight excluding hydrogens is 467 g/mol. The van der Waals surface area contributed by atoms with Gasteiger partial charge in [-0.15, -0.1) is 0 Å². The van der Waals surface area contributed by atoms with Gasteiger partial charge in [0.05, 0.1) is 17.6 Å². The SMILES string of the molecule is O=C1CC2(CCOCC2)CCN1C(c1ccc(NC2Cc3ccc(Cl)cc3C2)cn1)C(F)(F)F. The minimum atomic E-state index is -4.61. The van der Waals surface area contributed by atoms with Crippen LogP contribution in [0.25, 0.3) is 0 Å². The Hall–Kier alpha value is -2.32. The van der Waals surface area contributed by atoms with Crippen molar-refractivity contribution in [3.05, 3.63) is 58.4 Å². The molecule has 1 aromatic carbocycles. The lowest BCUT2D eigenvalue weighted by atomic mass is 9.72. The molecule has 34 heavy (non-hydrogen) atoms. The molecule has 2 aromatic rings. The molecule has 5 rings (SSSR count). The zero-order valence-corrected chi connectivity index (χ0v) is 19.5. The molecule has 2 fully saturated rings. The van der Waals surface area contributed by atoms with Crippen molar-refractivity contribution in [1.29, 1.82) is 0 Å². The molecule has 2 unspecified atom stereocenters. The van der Waals surface area contributed by atoms with Gasteiger partial charge >= 0.3 is 6.18 Å². The van der Waals surface area contributed by atoms with Crippen LogP contribution in [0, 0.1) is 5.41 Å². The van der Waals surface area contributed by atoms with Crippen molar-refractivity contribution < 1.29 is 22.7 Å². The maximum absolute atomic E-state index is 14.1. The molecule has 0 radical (unpaired) electrons. The second-order valence-corrected chi connectivity index (χ2v) is 10.1. The highest BCUT2D eigenvalue weighted by atomic mass is 35.5. The first kappa shape index (κ1) is 23.4. The molecule has 1 aliphatic carbocycles. The highest BCUT2D eigenvalue weighted by Crippen LogP contribution is 2.46. The lowest BCUT2D eigenvalue weighted by Gasteiger charge is -2.45. The van der Waals surface area contributed by atoms with Gasteiger partial charge in [0, 0.05) is 37.2 Å². The number of rotatable bonds is 4. The number of benzene rings is 1. The number of likely N-dealkylation sites (tertiary alicyclic amines) is 1. The van der Waals surface area contributed by atoms with Gasteiger partial charge in [0.25, 0.3) is 0 Å². The van der Waals surface area contributed by atoms with Gasteiger partial charge in [0.15, 0.2) is 6.04 Å². The molecular formula is C25H27ClF3N3O2. The average Bonchev–Trinajstić information content (AvgIpc) is 3.18. The number of carbonyl (C=O) groups is 1. The third-order valence-electron chi connectivity index (χ3n) is 7.44. The number of anilines is 1. The number of aromatic nitrogens is 1. The minimum Gasteiger partial charge on any atom is -0.381 e. The smallest absolute Gasteiger partial charge is 0.381 e. The lowest BCUT2D eigenvalue weighted by Crippen LogP contribution is -2.51. The summed E-state index contributed by atoms with van der Waals surface area (Å²) >= 11 is 6.08. The number of fused-ring (bicyclic) bond motifs is 1. The third-order valence-corrected chi connectivity index (χ3v) is 7.68. The van der Waals surface area contributed by atoms with E-state index in [-0.39, 0.29) is 30.1 Å². The summed E-state index contributed by atoms with van der Waals surface area (Å²) in [6.45, 7) is 1.20. The standard InChI is InChI=1S/C25H27ClF3N3O2/c26-18-2-1-16-12-20(13-17(16)11-18)31-19-3-4-21(30-15-19)23(25(27,28)29)32-8-5-24(14-22(32)33)6-9-34-10-7-24/h1-4,11,15,20,23,31H,5-10,12-14H2. The monoisotopic (exact) mass is 493 g/mol. The van der Waals surface area contributed by atoms with E-state index in [0.29, 0.717) is 30.3 Å². The molecule has 0 bridgehead atoms. The van der Waals surface area contributed by atoms with Crippen LogP contribution in [0.3, 0.4) is 0 Å². The van der Waals surface area contributed by atoms with Gasteiger partial charge in [0.1, 0.15) is 0 Å². The Labute approximate surface area is 201 Å². The van der Waals surface area contributed by atoms with Gasteiger partial charge in [-0.05, 0) is 72.9 Å². The number of piperidine rings is 1. The van der Waals surface area contributed by atoms with Crippen molar-refractivity contribution in [2.75, 3.05) is 25.1 Å². The predicted molar refractivity (Wildman–Crippen MR) is 123 cm³/mol. The summed E-state index contributed by atoms with van der Waals surface area (Å²) in [4.78, 5) is 18.0. The molecule has 1 spiro atoms. The van der Waals surface area contributed by atoms with Crippen LogP contribution < -0.4 is 5.32 Å². The fourth-order valence-electron chi connectivity index (χ4n) is 5.58. The molecule has 3 heterocycles. The number of halogens is 4. The number of alkyl halides is 3. The molecule has 3 aliphatic rings. The third kappa shape index (κ3) is 4.75. The molecule has 1 aromatic heterocycles. The van der Waals surface area contributed by atoms with Gasteiger partial charge < -0.3 is 15.0 Å². The van der Waals surface area contributed by atoms with Gasteiger partial charge in [-0.2, -0.15) is 13.2 Å². The van der Waals surface area contributed by atoms with Crippen molar-refractivity contribution in [3.8, 4) is 0 Å². The maximum atomic E-state index is 14.1. The summed E-state index contributed by atoms with van der Waals surface area (Å²) in [5.41, 5.74) is 2.66. The van der Waals surface area contributed by atoms with Crippen LogP contribution in [0.4, 0.5) is 18.9 Å². The number of hydrogen-bond donors (Lipinski definition) is 1. The van der Waals surface area contributed by atoms with Crippen LogP contribution in [0.5, 0.6) is 0 Å². The van der Waals surface area contributed by atoms with Gasteiger partial charge in [0.2, 0.25) is 5.91 Å². The Morgan fingerprint density at radius 2 is 1.88 bits per heavy atom. The maximum Gasteiger partial charge on any atom is 0.414 e. The Morgan fingerprint density at radius 1 is 1.12 bits per heavy atom. The number of hydrogen-bond acceptors (Lipinski definition) is 4. The average molecular weight is 494 g/mol. The highest BCUT2D eigenvalue weighted by molar-refractivity contribution is 6.30. The van der Waals surface area contributed by atoms with Gasteiger partial charge in [-0.1, -0.05) is 17.7 Å². The molecule has 9 heteroatoms. The van der Waals surface area contributed by atoms with E-state index in [1.165, 1.54) is 23.4 Å². The molecule has 1 amide bonds. The van der Waals surface area contributed by atoms with Crippen molar-refractivity contribution in [1.82, 2.24) is 9.88 Å². The Kier molecular flexibility index (Phi) is 6.23. The number of nitrogens with zero attached hydrogens (tertiary/aromatic N) is 2. The van der Waals surface area contributed by atoms with Crippen molar-refractivity contribution in [2.45, 2.75) is 56.8 Å². The molecule has 0 saturated carbocycles. The lowest BCUT2D eigenvalue weighted by molar-refractivity contribution is -0.199. The van der Waals surface area contributed by atoms with Crippen LogP contribution in [0.15, 0.2) is 36.5 Å². The summed E-state index contributed by atoms with van der Waals surface area (Å²) in [7, 11) is 0. The normalized spacial score (nSPS) is 23.1. The zero-order valence-electron chi connectivity index (χ0n) is 18.7. The molecule has 2 saturated heterocycles. The van der Waals surface area contributed by atoms with E-state index in [1.807, 2.05) is 18.2 Å². The number of carbonyl (C=O) groups excluding carboxylic acids is 1. The second kappa shape index (κ2) is 9.04. The Bertz CT molecular complexity index is 1050. The van der Waals surface area contributed by atoms with Gasteiger partial charge in [-0.3, -0.25) is 9.78 Å². The summed E-state index contributed by atoms with van der Waals surface area (Å²) in [5, 5.41) is 4.05. The molecule has 1 N–H and O–H groups in total. The first-order valence-electron chi connectivity index (χ1n) is 11.7. The first-order chi connectivity index (χ1) is 16.2. The number of ether oxygens (including phenoxy) is 1. The van der Waals surface area contributed by atoms with Crippen LogP contribution in [-0.2, 0) is 22.4 Å². The second-order valence-electron chi connectivity index (χ2n) is 9.70. The van der Waals surface area contributed by atoms with Crippen molar-refractivity contribution >= 4 is 23.2 Å². The van der Waals surface area contributed by atoms with E-state index in [0.717, 1.165) is 30.6 Å². The fourth-order valence-corrected chi connectivity index (χ4v) is 5.77. The van der Waals surface area contributed by atoms with Gasteiger partial charge in [-0.25, -0.2) is 0 Å². The van der Waals surface area contributed by atoms with E-state index in [9.17, 15) is 18.0 Å². The molecule has 2 atom stereocenters. The molecule has 5 nitrogen and oxygen atoms in total. The van der Waals surface area contributed by atoms with Crippen LogP contribution in [0.1, 0.15) is 48.5 Å². The van der Waals surface area contributed by atoms with Crippen LogP contribution in [0.2, 0.25) is 5.02 Å². The Balaban J connectivity index is 1.29. The number of amides is 1. The van der Waals surface area contributed by atoms with Crippen molar-refractivity contribution in [2.24, 2.45) is 5.41 Å². The van der Waals surface area contributed by atoms with E-state index in [2.05, 4.69) is 10.3 Å². The van der Waals surface area contributed by atoms with E-state index in [1.54, 1.807) is 6.07 Å². The first-order valence-corrected chi connectivity index (χ1v) is 12.0. The summed E-state index contributed by atoms with van der Waals surface area (Å²) in [6.07, 6.45) is 0.558. The van der Waals surface area contributed by atoms with Crippen LogP contribution >= 0.6 is 11.6 Å². The number of nitrogens with one attached hydrogen (secondary N) is 1. The molecule has 2 aliphatic heterocycles. The quantitative estimate of drug-likeness (QED) is 0.625. The summed E-state index contributed by atoms with van der Waals surface area (Å²) < 4.78 is 47.8. The largest absolute Gasteiger partial charge is 0.414 e. The number of pyridine rings is 1. The predicted octanol–water partition coefficient (Wildman–Crippen LogP) is 5.34. The zero-order chi connectivity index (χ0) is 23.9. The topological polar surface area (TPSA) is 54.5 Å². The van der Waals surface area contributed by atoms with Crippen LogP contribution in [-0.4, -0.2) is 47.8 Å². The Morgan fingerprint density at radius 3 is 2.56 bits per heavy atom. The molecule has 182 valence electrons. The highest BCUT2D eigenvalue weighted by Gasteiger charge is 2.51.